The number of hydrogen-bond donors (Lipinski definition) is 0. The van der Waals surface area contributed by atoms with E-state index in [0.717, 1.165) is 6.07 Å². The minimum atomic E-state index is -0.734. The van der Waals surface area contributed by atoms with Crippen LogP contribution in [0.15, 0.2) is 39.6 Å². The van der Waals surface area contributed by atoms with E-state index in [0.29, 0.717) is 4.90 Å². The first kappa shape index (κ1) is 17.5. The zero-order valence-corrected chi connectivity index (χ0v) is 13.6. The van der Waals surface area contributed by atoms with E-state index in [1.54, 1.807) is 6.26 Å². The van der Waals surface area contributed by atoms with E-state index in [2.05, 4.69) is 4.74 Å². The Bertz CT molecular complexity index is 784. The second-order valence-corrected chi connectivity index (χ2v) is 5.33. The maximum Gasteiger partial charge on any atom is 0.373 e. The van der Waals surface area contributed by atoms with Crippen LogP contribution in [0.4, 0.5) is 5.69 Å². The van der Waals surface area contributed by atoms with Crippen molar-refractivity contribution in [2.45, 2.75) is 11.5 Å². The molecule has 0 unspecified atom stereocenters. The Kier molecular flexibility index (Phi) is 5.59. The van der Waals surface area contributed by atoms with Crippen molar-refractivity contribution in [3.63, 3.8) is 0 Å². The van der Waals surface area contributed by atoms with Gasteiger partial charge in [-0.25, -0.2) is 9.59 Å². The van der Waals surface area contributed by atoms with Crippen molar-refractivity contribution in [1.82, 2.24) is 0 Å². The SMILES string of the molecule is COC(=O)c1ccc(COC(=O)c2ccc(SC)c([N+](=O)[O-])c2)o1. The lowest BCUT2D eigenvalue weighted by molar-refractivity contribution is -0.387. The van der Waals surface area contributed by atoms with Crippen LogP contribution >= 0.6 is 11.8 Å². The second-order valence-electron chi connectivity index (χ2n) is 4.48. The van der Waals surface area contributed by atoms with E-state index in [1.807, 2.05) is 0 Å². The topological polar surface area (TPSA) is 109 Å². The Morgan fingerprint density at radius 1 is 1.25 bits per heavy atom. The number of esters is 2. The van der Waals surface area contributed by atoms with Crippen LogP contribution in [0.3, 0.4) is 0 Å². The molecule has 1 heterocycles. The van der Waals surface area contributed by atoms with Crippen molar-refractivity contribution in [3.8, 4) is 0 Å². The van der Waals surface area contributed by atoms with Gasteiger partial charge in [0.25, 0.3) is 5.69 Å². The van der Waals surface area contributed by atoms with Gasteiger partial charge in [-0.05, 0) is 30.5 Å². The number of methoxy groups -OCH3 is 1. The summed E-state index contributed by atoms with van der Waals surface area (Å²) in [6.45, 7) is -0.214. The molecule has 1 aromatic carbocycles. The van der Waals surface area contributed by atoms with Crippen LogP contribution in [0.1, 0.15) is 26.7 Å². The summed E-state index contributed by atoms with van der Waals surface area (Å²) in [5.41, 5.74) is -0.109. The molecule has 1 aromatic heterocycles. The molecule has 0 fully saturated rings. The molecule has 9 heteroatoms. The van der Waals surface area contributed by atoms with Crippen LogP contribution in [0, 0.1) is 10.1 Å². The predicted octanol–water partition coefficient (Wildman–Crippen LogP) is 3.05. The molecule has 2 aromatic rings. The van der Waals surface area contributed by atoms with Gasteiger partial charge in [0.15, 0.2) is 0 Å². The lowest BCUT2D eigenvalue weighted by Crippen LogP contribution is -2.06. The maximum atomic E-state index is 12.0. The molecule has 0 aliphatic rings. The molecule has 0 saturated carbocycles. The molecule has 24 heavy (non-hydrogen) atoms. The summed E-state index contributed by atoms with van der Waals surface area (Å²) in [7, 11) is 1.22. The van der Waals surface area contributed by atoms with E-state index >= 15 is 0 Å². The number of furan rings is 1. The normalized spacial score (nSPS) is 10.2. The van der Waals surface area contributed by atoms with Gasteiger partial charge in [0, 0.05) is 6.07 Å². The number of carbonyl (C=O) groups is 2. The summed E-state index contributed by atoms with van der Waals surface area (Å²) in [6.07, 6.45) is 1.70. The first-order valence-electron chi connectivity index (χ1n) is 6.63. The first-order chi connectivity index (χ1) is 11.5. The minimum absolute atomic E-state index is 0.0106. The fourth-order valence-electron chi connectivity index (χ4n) is 1.85. The van der Waals surface area contributed by atoms with Gasteiger partial charge in [-0.15, -0.1) is 11.8 Å². The molecule has 2 rings (SSSR count). The quantitative estimate of drug-likeness (QED) is 0.338. The maximum absolute atomic E-state index is 12.0. The Morgan fingerprint density at radius 2 is 2.00 bits per heavy atom. The number of ether oxygens (including phenoxy) is 2. The molecule has 0 aliphatic heterocycles. The third-order valence-corrected chi connectivity index (χ3v) is 3.79. The van der Waals surface area contributed by atoms with E-state index in [4.69, 9.17) is 9.15 Å². The van der Waals surface area contributed by atoms with E-state index in [9.17, 15) is 19.7 Å². The molecule has 8 nitrogen and oxygen atoms in total. The van der Waals surface area contributed by atoms with Gasteiger partial charge in [-0.2, -0.15) is 0 Å². The highest BCUT2D eigenvalue weighted by Crippen LogP contribution is 2.28. The highest BCUT2D eigenvalue weighted by atomic mass is 32.2. The number of nitro benzene ring substituents is 1. The van der Waals surface area contributed by atoms with Crippen LogP contribution in [0.25, 0.3) is 0 Å². The van der Waals surface area contributed by atoms with E-state index < -0.39 is 16.9 Å². The fraction of sp³-hybridized carbons (Fsp3) is 0.200. The molecule has 0 bridgehead atoms. The van der Waals surface area contributed by atoms with Gasteiger partial charge in [-0.1, -0.05) is 0 Å². The summed E-state index contributed by atoms with van der Waals surface area (Å²) >= 11 is 1.21. The summed E-state index contributed by atoms with van der Waals surface area (Å²) in [5, 5.41) is 11.0. The molecule has 126 valence electrons. The lowest BCUT2D eigenvalue weighted by Gasteiger charge is -2.05. The average Bonchev–Trinajstić information content (AvgIpc) is 3.07. The molecule has 0 saturated heterocycles. The average molecular weight is 351 g/mol. The largest absolute Gasteiger partial charge is 0.463 e. The van der Waals surface area contributed by atoms with E-state index in [-0.39, 0.29) is 29.4 Å². The van der Waals surface area contributed by atoms with Crippen LogP contribution in [0.5, 0.6) is 0 Å². The van der Waals surface area contributed by atoms with Crippen LogP contribution < -0.4 is 0 Å². The van der Waals surface area contributed by atoms with Gasteiger partial charge in [-0.3, -0.25) is 10.1 Å². The number of thioether (sulfide) groups is 1. The van der Waals surface area contributed by atoms with Gasteiger partial charge in [0.05, 0.1) is 22.5 Å². The van der Waals surface area contributed by atoms with E-state index in [1.165, 1.54) is 43.1 Å². The number of hydrogen-bond acceptors (Lipinski definition) is 8. The Hall–Kier alpha value is -2.81. The predicted molar refractivity (Wildman–Crippen MR) is 84.0 cm³/mol. The standard InChI is InChI=1S/C15H13NO7S/c1-21-15(18)12-5-4-10(23-12)8-22-14(17)9-3-6-13(24-2)11(7-9)16(19)20/h3-7H,8H2,1-2H3. The van der Waals surface area contributed by atoms with Crippen molar-refractivity contribution in [1.29, 1.82) is 0 Å². The summed E-state index contributed by atoms with van der Waals surface area (Å²) in [4.78, 5) is 34.2. The summed E-state index contributed by atoms with van der Waals surface area (Å²) < 4.78 is 14.7. The summed E-state index contributed by atoms with van der Waals surface area (Å²) in [6, 6.07) is 6.97. The van der Waals surface area contributed by atoms with Gasteiger partial charge < -0.3 is 13.9 Å². The molecular weight excluding hydrogens is 338 g/mol. The van der Waals surface area contributed by atoms with Crippen molar-refractivity contribution in [3.05, 3.63) is 57.5 Å². The highest BCUT2D eigenvalue weighted by Gasteiger charge is 2.18. The Labute approximate surface area is 140 Å². The zero-order valence-electron chi connectivity index (χ0n) is 12.8. The highest BCUT2D eigenvalue weighted by molar-refractivity contribution is 7.98. The third kappa shape index (κ3) is 3.93. The molecule has 0 aliphatic carbocycles. The Balaban J connectivity index is 2.07. The van der Waals surface area contributed by atoms with Gasteiger partial charge in [0.1, 0.15) is 12.4 Å². The van der Waals surface area contributed by atoms with Crippen molar-refractivity contribution < 1.29 is 28.4 Å². The van der Waals surface area contributed by atoms with Crippen LogP contribution in [-0.2, 0) is 16.1 Å². The minimum Gasteiger partial charge on any atom is -0.463 e. The Morgan fingerprint density at radius 3 is 2.62 bits per heavy atom. The molecular formula is C15H13NO7S. The van der Waals surface area contributed by atoms with Crippen LogP contribution in [-0.4, -0.2) is 30.2 Å². The van der Waals surface area contributed by atoms with Gasteiger partial charge in [0.2, 0.25) is 5.76 Å². The van der Waals surface area contributed by atoms with Crippen molar-refractivity contribution in [2.24, 2.45) is 0 Å². The second kappa shape index (κ2) is 7.64. The molecule has 0 amide bonds. The molecule has 0 spiro atoms. The number of carbonyl (C=O) groups excluding carboxylic acids is 2. The number of benzene rings is 1. The van der Waals surface area contributed by atoms with Crippen molar-refractivity contribution >= 4 is 29.4 Å². The number of nitrogens with zero attached hydrogens (tertiary/aromatic N) is 1. The number of rotatable bonds is 6. The molecule has 0 atom stereocenters. The molecule has 0 N–H and O–H groups in total. The lowest BCUT2D eigenvalue weighted by atomic mass is 10.2. The first-order valence-corrected chi connectivity index (χ1v) is 7.85. The fourth-order valence-corrected chi connectivity index (χ4v) is 2.39. The third-order valence-electron chi connectivity index (χ3n) is 3.01. The monoisotopic (exact) mass is 351 g/mol. The summed E-state index contributed by atoms with van der Waals surface area (Å²) in [5.74, 6) is -1.14. The number of nitro groups is 1. The smallest absolute Gasteiger partial charge is 0.373 e. The van der Waals surface area contributed by atoms with Gasteiger partial charge >= 0.3 is 11.9 Å². The molecule has 0 radical (unpaired) electrons. The van der Waals surface area contributed by atoms with Crippen molar-refractivity contribution in [2.75, 3.05) is 13.4 Å². The van der Waals surface area contributed by atoms with Crippen LogP contribution in [0.2, 0.25) is 0 Å². The zero-order chi connectivity index (χ0) is 17.7.